The van der Waals surface area contributed by atoms with Crippen molar-refractivity contribution in [3.63, 3.8) is 0 Å². The molecule has 0 aliphatic carbocycles. The predicted molar refractivity (Wildman–Crippen MR) is 109 cm³/mol. The highest BCUT2D eigenvalue weighted by molar-refractivity contribution is 7.07. The van der Waals surface area contributed by atoms with E-state index >= 15 is 0 Å². The van der Waals surface area contributed by atoms with Gasteiger partial charge in [-0.1, -0.05) is 18.9 Å². The Bertz CT molecular complexity index is 703. The third kappa shape index (κ3) is 4.82. The second-order valence-electron chi connectivity index (χ2n) is 6.77. The van der Waals surface area contributed by atoms with Gasteiger partial charge in [0.1, 0.15) is 17.1 Å². The molecule has 1 amide bonds. The smallest absolute Gasteiger partial charge is 0.258 e. The van der Waals surface area contributed by atoms with Gasteiger partial charge < -0.3 is 14.8 Å². The molecule has 1 aliphatic rings. The van der Waals surface area contributed by atoms with Crippen LogP contribution in [-0.4, -0.2) is 44.7 Å². The van der Waals surface area contributed by atoms with Crippen LogP contribution < -0.4 is 14.8 Å². The average Bonchev–Trinajstić information content (AvgIpc) is 3.10. The molecule has 1 aromatic heterocycles. The molecule has 2 heterocycles. The lowest BCUT2D eigenvalue weighted by molar-refractivity contribution is 0.0927. The molecule has 1 atom stereocenters. The van der Waals surface area contributed by atoms with Gasteiger partial charge >= 0.3 is 0 Å². The Morgan fingerprint density at radius 2 is 1.78 bits per heavy atom. The van der Waals surface area contributed by atoms with E-state index in [1.54, 1.807) is 37.7 Å². The highest BCUT2D eigenvalue weighted by atomic mass is 32.1. The number of ether oxygens (including phenoxy) is 2. The maximum absolute atomic E-state index is 12.9. The van der Waals surface area contributed by atoms with Crippen molar-refractivity contribution in [2.45, 2.75) is 31.7 Å². The Kier molecular flexibility index (Phi) is 7.12. The minimum atomic E-state index is -0.167. The molecule has 1 fully saturated rings. The molecule has 27 heavy (non-hydrogen) atoms. The number of hydrogen-bond donors (Lipinski definition) is 1. The van der Waals surface area contributed by atoms with E-state index in [4.69, 9.17) is 9.47 Å². The summed E-state index contributed by atoms with van der Waals surface area (Å²) in [6.07, 6.45) is 5.01. The maximum Gasteiger partial charge on any atom is 0.258 e. The standard InChI is InChI=1S/C21H28N2O3S/c1-25-18-8-7-9-19(26-2)20(18)21(24)22-14-17(16-10-13-27-15-16)23-11-5-3-4-6-12-23/h7-10,13,15,17H,3-6,11-12,14H2,1-2H3,(H,22,24). The fraction of sp³-hybridized carbons (Fsp3) is 0.476. The van der Waals surface area contributed by atoms with Crippen molar-refractivity contribution < 1.29 is 14.3 Å². The monoisotopic (exact) mass is 388 g/mol. The van der Waals surface area contributed by atoms with E-state index in [-0.39, 0.29) is 11.9 Å². The minimum absolute atomic E-state index is 0.167. The van der Waals surface area contributed by atoms with Crippen molar-refractivity contribution in [2.75, 3.05) is 33.9 Å². The number of carbonyl (C=O) groups is 1. The number of nitrogens with one attached hydrogen (secondary N) is 1. The van der Waals surface area contributed by atoms with Crippen LogP contribution in [0.2, 0.25) is 0 Å². The molecule has 1 aromatic carbocycles. The summed E-state index contributed by atoms with van der Waals surface area (Å²) in [6.45, 7) is 2.72. The Morgan fingerprint density at radius 1 is 1.11 bits per heavy atom. The molecule has 3 rings (SSSR count). The van der Waals surface area contributed by atoms with Crippen LogP contribution in [-0.2, 0) is 0 Å². The average molecular weight is 389 g/mol. The zero-order valence-electron chi connectivity index (χ0n) is 16.1. The van der Waals surface area contributed by atoms with Gasteiger partial charge in [0, 0.05) is 6.54 Å². The van der Waals surface area contributed by atoms with E-state index in [1.807, 2.05) is 6.07 Å². The van der Waals surface area contributed by atoms with Crippen molar-refractivity contribution in [3.05, 3.63) is 46.2 Å². The van der Waals surface area contributed by atoms with Gasteiger partial charge in [-0.3, -0.25) is 9.69 Å². The number of methoxy groups -OCH3 is 2. The highest BCUT2D eigenvalue weighted by Crippen LogP contribution is 2.29. The van der Waals surface area contributed by atoms with Crippen LogP contribution in [0.15, 0.2) is 35.0 Å². The Morgan fingerprint density at radius 3 is 2.33 bits per heavy atom. The predicted octanol–water partition coefficient (Wildman–Crippen LogP) is 4.11. The lowest BCUT2D eigenvalue weighted by atomic mass is 10.1. The molecule has 0 saturated carbocycles. The van der Waals surface area contributed by atoms with E-state index in [1.165, 1.54) is 31.2 Å². The number of rotatable bonds is 7. The van der Waals surface area contributed by atoms with Crippen LogP contribution in [0.1, 0.15) is 47.6 Å². The summed E-state index contributed by atoms with van der Waals surface area (Å²) < 4.78 is 10.7. The van der Waals surface area contributed by atoms with Gasteiger partial charge in [-0.25, -0.2) is 0 Å². The summed E-state index contributed by atoms with van der Waals surface area (Å²) in [6, 6.07) is 7.74. The van der Waals surface area contributed by atoms with Gasteiger partial charge in [-0.05, 0) is 60.5 Å². The largest absolute Gasteiger partial charge is 0.496 e. The summed E-state index contributed by atoms with van der Waals surface area (Å²) >= 11 is 1.70. The van der Waals surface area contributed by atoms with Crippen LogP contribution >= 0.6 is 11.3 Å². The number of benzene rings is 1. The van der Waals surface area contributed by atoms with E-state index in [0.717, 1.165) is 13.1 Å². The molecule has 0 radical (unpaired) electrons. The molecular weight excluding hydrogens is 360 g/mol. The number of hydrogen-bond acceptors (Lipinski definition) is 5. The van der Waals surface area contributed by atoms with E-state index in [9.17, 15) is 4.79 Å². The maximum atomic E-state index is 12.9. The summed E-state index contributed by atoms with van der Waals surface area (Å²) in [4.78, 5) is 15.5. The van der Waals surface area contributed by atoms with Crippen molar-refractivity contribution in [1.82, 2.24) is 10.2 Å². The molecule has 1 N–H and O–H groups in total. The lowest BCUT2D eigenvalue weighted by Gasteiger charge is -2.30. The third-order valence-electron chi connectivity index (χ3n) is 5.12. The summed E-state index contributed by atoms with van der Waals surface area (Å²) in [7, 11) is 3.13. The second-order valence-corrected chi connectivity index (χ2v) is 7.55. The quantitative estimate of drug-likeness (QED) is 0.775. The first-order valence-electron chi connectivity index (χ1n) is 9.50. The van der Waals surface area contributed by atoms with E-state index in [2.05, 4.69) is 27.0 Å². The number of nitrogens with zero attached hydrogens (tertiary/aromatic N) is 1. The molecule has 1 saturated heterocycles. The van der Waals surface area contributed by atoms with Crippen LogP contribution in [0.5, 0.6) is 11.5 Å². The number of thiophene rings is 1. The molecular formula is C21H28N2O3S. The topological polar surface area (TPSA) is 50.8 Å². The summed E-state index contributed by atoms with van der Waals surface area (Å²) in [5.41, 5.74) is 1.72. The molecule has 146 valence electrons. The summed E-state index contributed by atoms with van der Waals surface area (Å²) in [5.74, 6) is 0.877. The molecule has 0 bridgehead atoms. The van der Waals surface area contributed by atoms with Gasteiger partial charge in [0.2, 0.25) is 0 Å². The van der Waals surface area contributed by atoms with Crippen LogP contribution in [0.25, 0.3) is 0 Å². The number of likely N-dealkylation sites (tertiary alicyclic amines) is 1. The molecule has 5 nitrogen and oxygen atoms in total. The van der Waals surface area contributed by atoms with Gasteiger partial charge in [-0.15, -0.1) is 0 Å². The van der Waals surface area contributed by atoms with Crippen LogP contribution in [0, 0.1) is 0 Å². The first kappa shape index (κ1) is 19.7. The van der Waals surface area contributed by atoms with Crippen molar-refractivity contribution in [3.8, 4) is 11.5 Å². The van der Waals surface area contributed by atoms with Gasteiger partial charge in [0.15, 0.2) is 0 Å². The van der Waals surface area contributed by atoms with Crippen molar-refractivity contribution >= 4 is 17.2 Å². The van der Waals surface area contributed by atoms with Crippen LogP contribution in [0.3, 0.4) is 0 Å². The van der Waals surface area contributed by atoms with Crippen molar-refractivity contribution in [2.24, 2.45) is 0 Å². The van der Waals surface area contributed by atoms with Gasteiger partial charge in [0.25, 0.3) is 5.91 Å². The van der Waals surface area contributed by atoms with Gasteiger partial charge in [0.05, 0.1) is 20.3 Å². The number of amides is 1. The Balaban J connectivity index is 1.76. The second kappa shape index (κ2) is 9.76. The highest BCUT2D eigenvalue weighted by Gasteiger charge is 2.24. The van der Waals surface area contributed by atoms with E-state index in [0.29, 0.717) is 23.6 Å². The zero-order chi connectivity index (χ0) is 19.1. The Labute approximate surface area is 165 Å². The van der Waals surface area contributed by atoms with E-state index < -0.39 is 0 Å². The Hall–Kier alpha value is -2.05. The molecule has 2 aromatic rings. The SMILES string of the molecule is COc1cccc(OC)c1C(=O)NCC(c1ccsc1)N1CCCCCC1. The minimum Gasteiger partial charge on any atom is -0.496 e. The zero-order valence-corrected chi connectivity index (χ0v) is 16.9. The normalized spacial score (nSPS) is 16.4. The fourth-order valence-corrected chi connectivity index (χ4v) is 4.39. The number of carbonyl (C=O) groups excluding carboxylic acids is 1. The fourth-order valence-electron chi connectivity index (χ4n) is 3.68. The first-order chi connectivity index (χ1) is 13.2. The first-order valence-corrected chi connectivity index (χ1v) is 10.4. The summed E-state index contributed by atoms with van der Waals surface area (Å²) in [5, 5.41) is 7.41. The molecule has 6 heteroatoms. The van der Waals surface area contributed by atoms with Crippen LogP contribution in [0.4, 0.5) is 0 Å². The molecule has 1 aliphatic heterocycles. The van der Waals surface area contributed by atoms with Gasteiger partial charge in [-0.2, -0.15) is 11.3 Å². The molecule has 0 spiro atoms. The molecule has 1 unspecified atom stereocenters. The lowest BCUT2D eigenvalue weighted by Crippen LogP contribution is -2.38. The third-order valence-corrected chi connectivity index (χ3v) is 5.82. The van der Waals surface area contributed by atoms with Crippen molar-refractivity contribution in [1.29, 1.82) is 0 Å².